The van der Waals surface area contributed by atoms with Crippen molar-refractivity contribution in [3.05, 3.63) is 71.9 Å². The van der Waals surface area contributed by atoms with E-state index in [1.165, 1.54) is 0 Å². The lowest BCUT2D eigenvalue weighted by Gasteiger charge is -2.13. The molecule has 20 heavy (non-hydrogen) atoms. The molecule has 0 radical (unpaired) electrons. The zero-order chi connectivity index (χ0) is 13.9. The third-order valence-electron chi connectivity index (χ3n) is 3.45. The molecule has 2 aromatic carbocycles. The molecule has 3 rings (SSSR count). The molecule has 3 heteroatoms. The van der Waals surface area contributed by atoms with E-state index >= 15 is 0 Å². The van der Waals surface area contributed by atoms with Gasteiger partial charge in [-0.15, -0.1) is 0 Å². The van der Waals surface area contributed by atoms with Gasteiger partial charge >= 0.3 is 0 Å². The highest BCUT2D eigenvalue weighted by Gasteiger charge is 2.08. The van der Waals surface area contributed by atoms with E-state index in [-0.39, 0.29) is 11.8 Å². The molecule has 0 aliphatic rings. The molecular formula is C17H16N2O. The molecule has 0 fully saturated rings. The van der Waals surface area contributed by atoms with Gasteiger partial charge in [0.2, 0.25) is 0 Å². The molecule has 1 heterocycles. The van der Waals surface area contributed by atoms with Crippen LogP contribution in [0, 0.1) is 0 Å². The van der Waals surface area contributed by atoms with Crippen molar-refractivity contribution in [2.45, 2.75) is 12.5 Å². The SMILES string of the molecule is NC(Cc1ccc(O)cc1)c1ccc2ncccc2c1. The molecule has 0 aliphatic heterocycles. The number of nitrogens with two attached hydrogens (primary N) is 1. The normalized spacial score (nSPS) is 12.4. The minimum Gasteiger partial charge on any atom is -0.508 e. The summed E-state index contributed by atoms with van der Waals surface area (Å²) in [6, 6.07) is 17.2. The number of aromatic nitrogens is 1. The highest BCUT2D eigenvalue weighted by atomic mass is 16.3. The van der Waals surface area contributed by atoms with Crippen molar-refractivity contribution < 1.29 is 5.11 Å². The quantitative estimate of drug-likeness (QED) is 0.763. The number of pyridine rings is 1. The molecule has 0 saturated carbocycles. The smallest absolute Gasteiger partial charge is 0.115 e. The van der Waals surface area contributed by atoms with Crippen molar-refractivity contribution in [2.75, 3.05) is 0 Å². The molecule has 0 saturated heterocycles. The van der Waals surface area contributed by atoms with Crippen LogP contribution in [0.15, 0.2) is 60.8 Å². The average Bonchev–Trinajstić information content (AvgIpc) is 2.49. The van der Waals surface area contributed by atoms with E-state index in [0.717, 1.165) is 28.5 Å². The molecule has 3 aromatic rings. The molecule has 1 atom stereocenters. The van der Waals surface area contributed by atoms with Gasteiger partial charge < -0.3 is 10.8 Å². The molecule has 3 nitrogen and oxygen atoms in total. The van der Waals surface area contributed by atoms with Gasteiger partial charge in [-0.1, -0.05) is 24.3 Å². The van der Waals surface area contributed by atoms with E-state index in [2.05, 4.69) is 11.1 Å². The van der Waals surface area contributed by atoms with E-state index in [4.69, 9.17) is 5.73 Å². The Kier molecular flexibility index (Phi) is 3.35. The van der Waals surface area contributed by atoms with Gasteiger partial charge in [0.15, 0.2) is 0 Å². The molecule has 1 aromatic heterocycles. The van der Waals surface area contributed by atoms with Crippen molar-refractivity contribution in [3.8, 4) is 5.75 Å². The monoisotopic (exact) mass is 264 g/mol. The number of phenols is 1. The van der Waals surface area contributed by atoms with Gasteiger partial charge in [-0.25, -0.2) is 0 Å². The number of fused-ring (bicyclic) bond motifs is 1. The van der Waals surface area contributed by atoms with Gasteiger partial charge in [0, 0.05) is 17.6 Å². The molecule has 0 spiro atoms. The lowest BCUT2D eigenvalue weighted by atomic mass is 9.98. The van der Waals surface area contributed by atoms with Crippen LogP contribution in [0.2, 0.25) is 0 Å². The van der Waals surface area contributed by atoms with Crippen LogP contribution >= 0.6 is 0 Å². The average molecular weight is 264 g/mol. The first-order valence-corrected chi connectivity index (χ1v) is 6.60. The Morgan fingerprint density at radius 1 is 1.05 bits per heavy atom. The summed E-state index contributed by atoms with van der Waals surface area (Å²) in [6.45, 7) is 0. The summed E-state index contributed by atoms with van der Waals surface area (Å²) in [5.74, 6) is 0.277. The van der Waals surface area contributed by atoms with Crippen LogP contribution in [-0.2, 0) is 6.42 Å². The van der Waals surface area contributed by atoms with Gasteiger partial charge in [-0.2, -0.15) is 0 Å². The Labute approximate surface area is 117 Å². The molecule has 0 bridgehead atoms. The summed E-state index contributed by atoms with van der Waals surface area (Å²) >= 11 is 0. The van der Waals surface area contributed by atoms with Crippen LogP contribution in [0.25, 0.3) is 10.9 Å². The molecule has 1 unspecified atom stereocenters. The largest absolute Gasteiger partial charge is 0.508 e. The third-order valence-corrected chi connectivity index (χ3v) is 3.45. The van der Waals surface area contributed by atoms with Crippen molar-refractivity contribution in [1.82, 2.24) is 4.98 Å². The van der Waals surface area contributed by atoms with Crippen LogP contribution in [0.5, 0.6) is 5.75 Å². The van der Waals surface area contributed by atoms with E-state index in [9.17, 15) is 5.11 Å². The number of hydrogen-bond acceptors (Lipinski definition) is 3. The van der Waals surface area contributed by atoms with Crippen LogP contribution in [0.3, 0.4) is 0 Å². The second-order valence-electron chi connectivity index (χ2n) is 4.93. The fraction of sp³-hybridized carbons (Fsp3) is 0.118. The standard InChI is InChI=1S/C17H16N2O/c18-16(10-12-3-6-15(20)7-4-12)13-5-8-17-14(11-13)2-1-9-19-17/h1-9,11,16,20H,10,18H2. The molecule has 0 aliphatic carbocycles. The van der Waals surface area contributed by atoms with Crippen LogP contribution in [0.1, 0.15) is 17.2 Å². The van der Waals surface area contributed by atoms with Gasteiger partial charge in [0.05, 0.1) is 5.52 Å². The lowest BCUT2D eigenvalue weighted by Crippen LogP contribution is -2.13. The summed E-state index contributed by atoms with van der Waals surface area (Å²) < 4.78 is 0. The number of nitrogens with zero attached hydrogens (tertiary/aromatic N) is 1. The number of benzene rings is 2. The van der Waals surface area contributed by atoms with Crippen molar-refractivity contribution >= 4 is 10.9 Å². The number of hydrogen-bond donors (Lipinski definition) is 2. The number of rotatable bonds is 3. The summed E-state index contributed by atoms with van der Waals surface area (Å²) in [7, 11) is 0. The van der Waals surface area contributed by atoms with Crippen molar-refractivity contribution in [3.63, 3.8) is 0 Å². The van der Waals surface area contributed by atoms with Crippen molar-refractivity contribution in [2.24, 2.45) is 5.73 Å². The highest BCUT2D eigenvalue weighted by molar-refractivity contribution is 5.79. The third kappa shape index (κ3) is 2.63. The second-order valence-corrected chi connectivity index (χ2v) is 4.93. The second kappa shape index (κ2) is 5.31. The Morgan fingerprint density at radius 2 is 1.85 bits per heavy atom. The van der Waals surface area contributed by atoms with Gasteiger partial charge in [0.1, 0.15) is 5.75 Å². The summed E-state index contributed by atoms with van der Waals surface area (Å²) in [6.07, 6.45) is 2.53. The Morgan fingerprint density at radius 3 is 2.65 bits per heavy atom. The molecule has 100 valence electrons. The lowest BCUT2D eigenvalue weighted by molar-refractivity contribution is 0.475. The van der Waals surface area contributed by atoms with E-state index < -0.39 is 0 Å². The van der Waals surface area contributed by atoms with E-state index in [1.807, 2.05) is 36.4 Å². The minimum atomic E-state index is -0.0656. The van der Waals surface area contributed by atoms with Crippen molar-refractivity contribution in [1.29, 1.82) is 0 Å². The van der Waals surface area contributed by atoms with Gasteiger partial charge in [-0.3, -0.25) is 4.98 Å². The molecule has 0 amide bonds. The zero-order valence-corrected chi connectivity index (χ0v) is 11.0. The zero-order valence-electron chi connectivity index (χ0n) is 11.0. The first kappa shape index (κ1) is 12.6. The molecular weight excluding hydrogens is 248 g/mol. The Hall–Kier alpha value is -2.39. The fourth-order valence-electron chi connectivity index (χ4n) is 2.33. The van der Waals surface area contributed by atoms with Gasteiger partial charge in [0.25, 0.3) is 0 Å². The Balaban J connectivity index is 1.84. The predicted molar refractivity (Wildman–Crippen MR) is 80.5 cm³/mol. The minimum absolute atomic E-state index is 0.0656. The summed E-state index contributed by atoms with van der Waals surface area (Å²) in [5, 5.41) is 10.4. The molecule has 3 N–H and O–H groups in total. The maximum Gasteiger partial charge on any atom is 0.115 e. The first-order chi connectivity index (χ1) is 9.72. The number of aromatic hydroxyl groups is 1. The number of phenolic OH excluding ortho intramolecular Hbond substituents is 1. The summed E-state index contributed by atoms with van der Waals surface area (Å²) in [5.41, 5.74) is 9.46. The highest BCUT2D eigenvalue weighted by Crippen LogP contribution is 2.21. The maximum absolute atomic E-state index is 9.29. The van der Waals surface area contributed by atoms with E-state index in [1.54, 1.807) is 18.3 Å². The van der Waals surface area contributed by atoms with Gasteiger partial charge in [-0.05, 0) is 47.9 Å². The fourth-order valence-corrected chi connectivity index (χ4v) is 2.33. The van der Waals surface area contributed by atoms with E-state index in [0.29, 0.717) is 0 Å². The maximum atomic E-state index is 9.29. The predicted octanol–water partition coefficient (Wildman–Crippen LogP) is 3.18. The van der Waals surface area contributed by atoms with Crippen LogP contribution < -0.4 is 5.73 Å². The Bertz CT molecular complexity index is 722. The summed E-state index contributed by atoms with van der Waals surface area (Å²) in [4.78, 5) is 4.31. The first-order valence-electron chi connectivity index (χ1n) is 6.60. The van der Waals surface area contributed by atoms with Crippen LogP contribution in [0.4, 0.5) is 0 Å². The topological polar surface area (TPSA) is 59.1 Å². The van der Waals surface area contributed by atoms with Crippen LogP contribution in [-0.4, -0.2) is 10.1 Å².